The minimum Gasteiger partial charge on any atom is -0.857 e. The van der Waals surface area contributed by atoms with E-state index in [1.807, 2.05) is 13.8 Å². The first-order valence-electron chi connectivity index (χ1n) is 14.7. The summed E-state index contributed by atoms with van der Waals surface area (Å²) in [4.78, 5) is 7.18. The van der Waals surface area contributed by atoms with Crippen molar-refractivity contribution in [1.82, 2.24) is 9.88 Å². The fourth-order valence-electron chi connectivity index (χ4n) is 4.92. The number of alkyl halides is 1. The molecule has 1 N–H and O–H groups in total. The zero-order valence-electron chi connectivity index (χ0n) is 25.8. The topological polar surface area (TPSA) is 69.7 Å². The molecule has 1 fully saturated rings. The maximum Gasteiger partial charge on any atom is 1.00 e. The summed E-state index contributed by atoms with van der Waals surface area (Å²) in [5.41, 5.74) is 6.96. The molecule has 5 rings (SSSR count). The van der Waals surface area contributed by atoms with E-state index in [1.54, 1.807) is 12.7 Å². The first-order valence-corrected chi connectivity index (χ1v) is 14.7. The van der Waals surface area contributed by atoms with Gasteiger partial charge in [-0.05, 0) is 107 Å². The number of unbranched alkanes of at least 4 members (excludes halogenated alkanes) is 2. The predicted octanol–water partition coefficient (Wildman–Crippen LogP) is 2.50. The van der Waals surface area contributed by atoms with Crippen LogP contribution in [0.25, 0.3) is 0 Å². The molecule has 220 valence electrons. The molecule has 0 aliphatic carbocycles. The number of aryl methyl sites for hydroxylation is 2. The molecule has 0 amide bonds. The number of aromatic nitrogens is 1. The Bertz CT molecular complexity index is 926. The van der Waals surface area contributed by atoms with Gasteiger partial charge in [-0.2, -0.15) is 7.11 Å². The van der Waals surface area contributed by atoms with E-state index < -0.39 is 0 Å². The van der Waals surface area contributed by atoms with Crippen LogP contribution in [-0.2, 0) is 41.9 Å². The third kappa shape index (κ3) is 14.2. The van der Waals surface area contributed by atoms with E-state index in [4.69, 9.17) is 14.6 Å². The van der Waals surface area contributed by atoms with Gasteiger partial charge in [-0.1, -0.05) is 30.7 Å². The number of ether oxygens (including phenoxy) is 2. The average Bonchev–Trinajstić information content (AvgIpc) is 3.50. The third-order valence-electron chi connectivity index (χ3n) is 7.21. The van der Waals surface area contributed by atoms with Gasteiger partial charge in [0.05, 0.1) is 26.0 Å². The van der Waals surface area contributed by atoms with Crippen molar-refractivity contribution in [2.24, 2.45) is 0 Å². The number of pyridine rings is 1. The Morgan fingerprint density at radius 2 is 1.77 bits per heavy atom. The van der Waals surface area contributed by atoms with Crippen molar-refractivity contribution in [1.29, 1.82) is 0 Å². The van der Waals surface area contributed by atoms with Crippen LogP contribution in [0.5, 0.6) is 0 Å². The second-order valence-electron chi connectivity index (χ2n) is 10.5. The van der Waals surface area contributed by atoms with E-state index in [1.165, 1.54) is 49.0 Å². The summed E-state index contributed by atoms with van der Waals surface area (Å²) < 4.78 is 22.2. The van der Waals surface area contributed by atoms with Crippen LogP contribution in [0.1, 0.15) is 80.3 Å². The van der Waals surface area contributed by atoms with E-state index in [-0.39, 0.29) is 58.1 Å². The summed E-state index contributed by atoms with van der Waals surface area (Å²) >= 11 is 0. The molecule has 0 bridgehead atoms. The molecular weight excluding hydrogens is 532 g/mol. The van der Waals surface area contributed by atoms with Crippen LogP contribution in [0.15, 0.2) is 30.3 Å². The van der Waals surface area contributed by atoms with Crippen molar-refractivity contribution in [2.45, 2.75) is 90.9 Å². The molecule has 2 aromatic rings. The van der Waals surface area contributed by atoms with E-state index in [0.29, 0.717) is 12.5 Å². The van der Waals surface area contributed by atoms with E-state index >= 15 is 0 Å². The van der Waals surface area contributed by atoms with Crippen LogP contribution in [0.4, 0.5) is 10.2 Å². The van der Waals surface area contributed by atoms with Crippen molar-refractivity contribution < 1.29 is 70.4 Å². The molecule has 0 spiro atoms. The Balaban J connectivity index is 0.000000320. The minimum absolute atomic E-state index is 0. The largest absolute Gasteiger partial charge is 1.00 e. The summed E-state index contributed by atoms with van der Waals surface area (Å²) in [5, 5.41) is 11.6. The summed E-state index contributed by atoms with van der Waals surface area (Å²) in [5.74, 6) is 1.06. The molecule has 0 unspecified atom stereocenters. The first-order chi connectivity index (χ1) is 19.1. The third-order valence-corrected chi connectivity index (χ3v) is 7.21. The standard InChI is InChI=1S/C14H19NO.C13H19FN2.C4H10O.CH3O.K/c1-2-8-15(7-1)10-12-4-3-5-13-11-16-9-6-14(12)13;14-9-3-1-2-6-12-8-7-11-5-4-10-15-13(11)16-12;1-4(2)5-3;1-2;/h3-5H,1-2,6-11H2;7-8H,1-6,9-10H2,(H,15,16);4H,1-3H3;1H3;/q;;;-1;+1. The number of hydrogen-bond acceptors (Lipinski definition) is 6. The van der Waals surface area contributed by atoms with E-state index in [2.05, 4.69) is 45.5 Å². The molecule has 3 aliphatic heterocycles. The molecule has 0 atom stereocenters. The molecule has 40 heavy (non-hydrogen) atoms. The Morgan fingerprint density at radius 1 is 1.02 bits per heavy atom. The van der Waals surface area contributed by atoms with E-state index in [9.17, 15) is 4.39 Å². The smallest absolute Gasteiger partial charge is 0.857 e. The minimum atomic E-state index is -0.195. The molecule has 0 radical (unpaired) electrons. The molecule has 1 aromatic carbocycles. The Labute approximate surface area is 285 Å². The first kappa shape index (κ1) is 37.6. The fourth-order valence-corrected chi connectivity index (χ4v) is 4.92. The molecule has 1 saturated heterocycles. The number of nitrogens with one attached hydrogen (secondary N) is 1. The van der Waals surface area contributed by atoms with Crippen LogP contribution in [0.3, 0.4) is 0 Å². The van der Waals surface area contributed by atoms with Gasteiger partial charge in [0.1, 0.15) is 5.82 Å². The van der Waals surface area contributed by atoms with Crippen molar-refractivity contribution in [3.8, 4) is 0 Å². The van der Waals surface area contributed by atoms with E-state index in [0.717, 1.165) is 77.0 Å². The maximum atomic E-state index is 11.9. The normalized spacial score (nSPS) is 15.5. The molecule has 0 saturated carbocycles. The van der Waals surface area contributed by atoms with Crippen LogP contribution in [0.2, 0.25) is 0 Å². The van der Waals surface area contributed by atoms with Gasteiger partial charge in [0, 0.05) is 25.9 Å². The Kier molecular flexibility index (Phi) is 21.7. The Hall–Kier alpha value is -0.424. The SMILES string of the molecule is COC(C)C.C[O-].FCCCCCc1ccc2c(n1)NCCC2.[K+].c1cc2c(c(CN3CCCC3)c1)CCOC2. The number of nitrogens with zero attached hydrogens (tertiary/aromatic N) is 2. The maximum absolute atomic E-state index is 11.9. The monoisotopic (exact) mass is 583 g/mol. The second-order valence-corrected chi connectivity index (χ2v) is 10.5. The van der Waals surface area contributed by atoms with Gasteiger partial charge in [-0.3, -0.25) is 9.29 Å². The number of methoxy groups -OCH3 is 1. The molecule has 6 nitrogen and oxygen atoms in total. The van der Waals surface area contributed by atoms with Crippen molar-refractivity contribution in [2.75, 3.05) is 52.5 Å². The van der Waals surface area contributed by atoms with Crippen LogP contribution < -0.4 is 61.8 Å². The number of rotatable bonds is 8. The average molecular weight is 584 g/mol. The van der Waals surface area contributed by atoms with Crippen LogP contribution >= 0.6 is 0 Å². The molecule has 8 heteroatoms. The molecule has 3 aliphatic rings. The van der Waals surface area contributed by atoms with Crippen molar-refractivity contribution >= 4 is 5.82 Å². The van der Waals surface area contributed by atoms with Gasteiger partial charge < -0.3 is 19.9 Å². The number of likely N-dealkylation sites (tertiary alicyclic amines) is 1. The zero-order chi connectivity index (χ0) is 28.3. The number of halogens is 1. The number of anilines is 1. The summed E-state index contributed by atoms with van der Waals surface area (Å²) in [6, 6.07) is 11.0. The number of fused-ring (bicyclic) bond motifs is 2. The van der Waals surface area contributed by atoms with Crippen molar-refractivity contribution in [3.05, 3.63) is 58.3 Å². The van der Waals surface area contributed by atoms with Gasteiger partial charge in [0.2, 0.25) is 0 Å². The fraction of sp³-hybridized carbons (Fsp3) is 0.656. The quantitative estimate of drug-likeness (QED) is 0.381. The zero-order valence-corrected chi connectivity index (χ0v) is 28.9. The molecular formula is C32H51FKN3O3. The number of benzene rings is 1. The predicted molar refractivity (Wildman–Crippen MR) is 157 cm³/mol. The summed E-state index contributed by atoms with van der Waals surface area (Å²) in [7, 11) is 2.45. The van der Waals surface area contributed by atoms with Crippen molar-refractivity contribution in [3.63, 3.8) is 0 Å². The van der Waals surface area contributed by atoms with Gasteiger partial charge in [0.15, 0.2) is 0 Å². The van der Waals surface area contributed by atoms with Gasteiger partial charge in [0.25, 0.3) is 0 Å². The van der Waals surface area contributed by atoms with Gasteiger partial charge in [-0.15, -0.1) is 0 Å². The van der Waals surface area contributed by atoms with Gasteiger partial charge >= 0.3 is 51.4 Å². The second kappa shape index (κ2) is 23.1. The van der Waals surface area contributed by atoms with Crippen LogP contribution in [0, 0.1) is 0 Å². The summed E-state index contributed by atoms with van der Waals surface area (Å²) in [6.45, 7) is 10.2. The Morgan fingerprint density at radius 3 is 2.48 bits per heavy atom. The number of hydrogen-bond donors (Lipinski definition) is 1. The molecule has 1 aromatic heterocycles. The summed E-state index contributed by atoms with van der Waals surface area (Å²) in [6.07, 6.45) is 10.2. The van der Waals surface area contributed by atoms with Crippen LogP contribution in [-0.4, -0.2) is 63.1 Å². The molecule has 4 heterocycles. The van der Waals surface area contributed by atoms with Gasteiger partial charge in [-0.25, -0.2) is 4.98 Å².